The van der Waals surface area contributed by atoms with Crippen LogP contribution in [0.5, 0.6) is 0 Å². The van der Waals surface area contributed by atoms with Crippen molar-refractivity contribution in [2.75, 3.05) is 5.73 Å². The van der Waals surface area contributed by atoms with Crippen LogP contribution in [-0.4, -0.2) is 4.98 Å². The van der Waals surface area contributed by atoms with Gasteiger partial charge >= 0.3 is 0 Å². The van der Waals surface area contributed by atoms with Gasteiger partial charge in [-0.1, -0.05) is 42.5 Å². The number of pyridine rings is 1. The number of aromatic nitrogens is 1. The number of halogens is 1. The second kappa shape index (κ2) is 4.11. The van der Waals surface area contributed by atoms with Gasteiger partial charge in [0.05, 0.1) is 16.9 Å². The van der Waals surface area contributed by atoms with Gasteiger partial charge in [-0.2, -0.15) is 0 Å². The Kier molecular flexibility index (Phi) is 2.45. The molecule has 0 aliphatic heterocycles. The van der Waals surface area contributed by atoms with E-state index in [0.717, 1.165) is 5.56 Å². The predicted molar refractivity (Wildman–Crippen MR) is 71.5 cm³/mol. The molecule has 0 bridgehead atoms. The van der Waals surface area contributed by atoms with Crippen LogP contribution in [0, 0.1) is 5.82 Å². The molecule has 0 radical (unpaired) electrons. The van der Waals surface area contributed by atoms with Gasteiger partial charge in [0.1, 0.15) is 0 Å². The highest BCUT2D eigenvalue weighted by molar-refractivity contribution is 5.88. The van der Waals surface area contributed by atoms with Crippen LogP contribution in [0.2, 0.25) is 0 Å². The second-order valence-electron chi connectivity index (χ2n) is 4.07. The lowest BCUT2D eigenvalue weighted by Crippen LogP contribution is -1.99. The molecule has 0 atom stereocenters. The molecule has 0 saturated heterocycles. The summed E-state index contributed by atoms with van der Waals surface area (Å²) in [6.45, 7) is 0. The molecule has 2 N–H and O–H groups in total. The van der Waals surface area contributed by atoms with Crippen LogP contribution in [0.15, 0.2) is 54.6 Å². The maximum Gasteiger partial charge on any atom is 0.157 e. The van der Waals surface area contributed by atoms with E-state index < -0.39 is 5.82 Å². The van der Waals surface area contributed by atoms with Crippen molar-refractivity contribution in [1.29, 1.82) is 0 Å². The van der Waals surface area contributed by atoms with Gasteiger partial charge in [-0.25, -0.2) is 9.37 Å². The van der Waals surface area contributed by atoms with Gasteiger partial charge in [-0.15, -0.1) is 0 Å². The number of fused-ring (bicyclic) bond motifs is 1. The van der Waals surface area contributed by atoms with Crippen molar-refractivity contribution in [2.45, 2.75) is 0 Å². The normalized spacial score (nSPS) is 10.7. The lowest BCUT2D eigenvalue weighted by atomic mass is 10.1. The fraction of sp³-hybridized carbons (Fsp3) is 0. The van der Waals surface area contributed by atoms with E-state index >= 15 is 0 Å². The SMILES string of the molecule is Nc1c(-c2ccccc2)nc2ccccc2c1F. The van der Waals surface area contributed by atoms with E-state index in [4.69, 9.17) is 5.73 Å². The van der Waals surface area contributed by atoms with Crippen molar-refractivity contribution >= 4 is 16.6 Å². The topological polar surface area (TPSA) is 38.9 Å². The van der Waals surface area contributed by atoms with E-state index in [0.29, 0.717) is 16.6 Å². The van der Waals surface area contributed by atoms with Gasteiger partial charge in [0, 0.05) is 10.9 Å². The summed E-state index contributed by atoms with van der Waals surface area (Å²) < 4.78 is 14.2. The maximum absolute atomic E-state index is 14.2. The van der Waals surface area contributed by atoms with Crippen molar-refractivity contribution in [1.82, 2.24) is 4.98 Å². The predicted octanol–water partition coefficient (Wildman–Crippen LogP) is 3.62. The highest BCUT2D eigenvalue weighted by Gasteiger charge is 2.13. The minimum Gasteiger partial charge on any atom is -0.395 e. The molecule has 1 aromatic heterocycles. The van der Waals surface area contributed by atoms with Gasteiger partial charge in [-0.05, 0) is 12.1 Å². The molecule has 0 aliphatic carbocycles. The number of benzene rings is 2. The third-order valence-electron chi connectivity index (χ3n) is 2.91. The van der Waals surface area contributed by atoms with E-state index in [2.05, 4.69) is 4.98 Å². The molecule has 18 heavy (non-hydrogen) atoms. The van der Waals surface area contributed by atoms with Gasteiger partial charge in [0.2, 0.25) is 0 Å². The summed E-state index contributed by atoms with van der Waals surface area (Å²) in [5.74, 6) is -0.403. The molecule has 0 aliphatic rings. The summed E-state index contributed by atoms with van der Waals surface area (Å²) in [6.07, 6.45) is 0. The van der Waals surface area contributed by atoms with E-state index in [-0.39, 0.29) is 5.69 Å². The Labute approximate surface area is 104 Å². The van der Waals surface area contributed by atoms with E-state index in [1.807, 2.05) is 36.4 Å². The monoisotopic (exact) mass is 238 g/mol. The largest absolute Gasteiger partial charge is 0.395 e. The zero-order valence-corrected chi connectivity index (χ0v) is 9.60. The average Bonchev–Trinajstić information content (AvgIpc) is 2.44. The molecule has 0 unspecified atom stereocenters. The van der Waals surface area contributed by atoms with E-state index in [1.165, 1.54) is 0 Å². The van der Waals surface area contributed by atoms with E-state index in [9.17, 15) is 4.39 Å². The van der Waals surface area contributed by atoms with Crippen molar-refractivity contribution < 1.29 is 4.39 Å². The molecule has 88 valence electrons. The van der Waals surface area contributed by atoms with Gasteiger partial charge in [0.25, 0.3) is 0 Å². The minimum absolute atomic E-state index is 0.0971. The molecule has 0 amide bonds. The molecular weight excluding hydrogens is 227 g/mol. The number of nitrogens with zero attached hydrogens (tertiary/aromatic N) is 1. The van der Waals surface area contributed by atoms with Crippen molar-refractivity contribution in [2.24, 2.45) is 0 Å². The number of para-hydroxylation sites is 1. The first-order valence-corrected chi connectivity index (χ1v) is 5.66. The molecule has 2 aromatic carbocycles. The second-order valence-corrected chi connectivity index (χ2v) is 4.07. The smallest absolute Gasteiger partial charge is 0.157 e. The molecule has 0 saturated carbocycles. The number of nitrogens with two attached hydrogens (primary N) is 1. The molecular formula is C15H11FN2. The highest BCUT2D eigenvalue weighted by Crippen LogP contribution is 2.30. The first kappa shape index (κ1) is 10.7. The Morgan fingerprint density at radius 1 is 0.889 bits per heavy atom. The van der Waals surface area contributed by atoms with Crippen LogP contribution >= 0.6 is 0 Å². The summed E-state index contributed by atoms with van der Waals surface area (Å²) in [5.41, 5.74) is 7.87. The standard InChI is InChI=1S/C15H11FN2/c16-13-11-8-4-5-9-12(11)18-15(14(13)17)10-6-2-1-3-7-10/h1-9H,17H2. The van der Waals surface area contributed by atoms with Crippen LogP contribution < -0.4 is 5.73 Å². The quantitative estimate of drug-likeness (QED) is 0.703. The molecule has 3 heteroatoms. The molecule has 3 rings (SSSR count). The summed E-state index contributed by atoms with van der Waals surface area (Å²) in [6, 6.07) is 16.5. The zero-order chi connectivity index (χ0) is 12.5. The Balaban J connectivity index is 2.34. The van der Waals surface area contributed by atoms with Gasteiger partial charge < -0.3 is 5.73 Å². The fourth-order valence-corrected chi connectivity index (χ4v) is 2.00. The van der Waals surface area contributed by atoms with Crippen molar-refractivity contribution in [3.05, 3.63) is 60.4 Å². The first-order chi connectivity index (χ1) is 8.77. The summed E-state index contributed by atoms with van der Waals surface area (Å²) in [7, 11) is 0. The van der Waals surface area contributed by atoms with Crippen LogP contribution in [0.3, 0.4) is 0 Å². The Bertz CT molecular complexity index is 708. The summed E-state index contributed by atoms with van der Waals surface area (Å²) >= 11 is 0. The van der Waals surface area contributed by atoms with Crippen molar-refractivity contribution in [3.63, 3.8) is 0 Å². The number of nitrogen functional groups attached to an aromatic ring is 1. The lowest BCUT2D eigenvalue weighted by molar-refractivity contribution is 0.643. The molecule has 2 nitrogen and oxygen atoms in total. The molecule has 0 spiro atoms. The highest BCUT2D eigenvalue weighted by atomic mass is 19.1. The fourth-order valence-electron chi connectivity index (χ4n) is 2.00. The number of hydrogen-bond acceptors (Lipinski definition) is 2. The number of hydrogen-bond donors (Lipinski definition) is 1. The third kappa shape index (κ3) is 1.61. The summed E-state index contributed by atoms with van der Waals surface area (Å²) in [5, 5.41) is 0.453. The van der Waals surface area contributed by atoms with Crippen LogP contribution in [0.25, 0.3) is 22.2 Å². The van der Waals surface area contributed by atoms with Crippen LogP contribution in [0.4, 0.5) is 10.1 Å². The lowest BCUT2D eigenvalue weighted by Gasteiger charge is -2.08. The number of anilines is 1. The zero-order valence-electron chi connectivity index (χ0n) is 9.60. The Morgan fingerprint density at radius 2 is 1.56 bits per heavy atom. The Hall–Kier alpha value is -2.42. The third-order valence-corrected chi connectivity index (χ3v) is 2.91. The van der Waals surface area contributed by atoms with Crippen LogP contribution in [-0.2, 0) is 0 Å². The van der Waals surface area contributed by atoms with Gasteiger partial charge in [-0.3, -0.25) is 0 Å². The molecule has 1 heterocycles. The van der Waals surface area contributed by atoms with Crippen LogP contribution in [0.1, 0.15) is 0 Å². The minimum atomic E-state index is -0.403. The molecule has 3 aromatic rings. The average molecular weight is 238 g/mol. The Morgan fingerprint density at radius 3 is 2.33 bits per heavy atom. The number of rotatable bonds is 1. The summed E-state index contributed by atoms with van der Waals surface area (Å²) in [4.78, 5) is 4.44. The molecule has 0 fully saturated rings. The first-order valence-electron chi connectivity index (χ1n) is 5.66. The maximum atomic E-state index is 14.2. The van der Waals surface area contributed by atoms with Crippen molar-refractivity contribution in [3.8, 4) is 11.3 Å². The van der Waals surface area contributed by atoms with E-state index in [1.54, 1.807) is 18.2 Å². The van der Waals surface area contributed by atoms with Gasteiger partial charge in [0.15, 0.2) is 5.82 Å².